The molecule has 16 rings (SSSR count). The van der Waals surface area contributed by atoms with E-state index in [1.807, 2.05) is 22.7 Å². The molecule has 0 aliphatic carbocycles. The van der Waals surface area contributed by atoms with Gasteiger partial charge in [-0.25, -0.2) is 0 Å². The van der Waals surface area contributed by atoms with Gasteiger partial charge < -0.3 is 19.6 Å². The molecule has 8 heteroatoms. The van der Waals surface area contributed by atoms with Gasteiger partial charge in [0.2, 0.25) is 0 Å². The summed E-state index contributed by atoms with van der Waals surface area (Å²) in [6.45, 7) is 28.0. The zero-order valence-electron chi connectivity index (χ0n) is 51.4. The first-order valence-electron chi connectivity index (χ1n) is 30.7. The Morgan fingerprint density at radius 3 is 1.16 bits per heavy atom. The van der Waals surface area contributed by atoms with E-state index >= 15 is 0 Å². The highest BCUT2D eigenvalue weighted by Crippen LogP contribution is 2.53. The van der Waals surface area contributed by atoms with E-state index in [4.69, 9.17) is 0 Å². The van der Waals surface area contributed by atoms with Crippen LogP contribution in [0, 0.1) is 0 Å². The second-order valence-corrected chi connectivity index (χ2v) is 30.8. The van der Waals surface area contributed by atoms with Gasteiger partial charge in [-0.2, -0.15) is 0 Å². The Kier molecular flexibility index (Phi) is 11.5. The molecule has 420 valence electrons. The zero-order valence-corrected chi connectivity index (χ0v) is 53.0. The molecule has 12 aromatic rings. The van der Waals surface area contributed by atoms with Crippen LogP contribution < -0.4 is 51.7 Å². The SMILES string of the molecule is CC(C)(C)c1ccc(N2c3cc4c(cc3B3c5cc6c(cc5N(c5ccccc5)c5cc(C(C)(C)C)cc2c53)N(c2ccccc2)c2cc(C(C)(C)C)cc3c2B6c2sc5ccccc5c2N3c2ccc(C(C)(C)C)cc2)sc2ccccc24)cc1. The summed E-state index contributed by atoms with van der Waals surface area (Å²) < 4.78 is 5.31. The summed E-state index contributed by atoms with van der Waals surface area (Å²) >= 11 is 3.90. The number of hydrogen-bond donors (Lipinski definition) is 0. The molecule has 0 N–H and O–H groups in total. The molecule has 6 heterocycles. The lowest BCUT2D eigenvalue weighted by Gasteiger charge is -2.47. The van der Waals surface area contributed by atoms with Crippen molar-refractivity contribution in [2.24, 2.45) is 0 Å². The van der Waals surface area contributed by atoms with E-state index in [9.17, 15) is 0 Å². The van der Waals surface area contributed by atoms with Crippen molar-refractivity contribution in [2.45, 2.75) is 105 Å². The third-order valence-corrected chi connectivity index (χ3v) is 21.4. The maximum absolute atomic E-state index is 2.70. The molecule has 0 bridgehead atoms. The molecule has 0 radical (unpaired) electrons. The number of fused-ring (bicyclic) bond motifs is 13. The number of hydrogen-bond acceptors (Lipinski definition) is 6. The fraction of sp³-hybridized carbons (Fsp3) is 0.205. The zero-order chi connectivity index (χ0) is 59.1. The standard InChI is InChI=1S/C78H70B2N4S2/c1-75(2,3)47-31-35-53(36-32-47)83-61-43-57-55-27-19-21-29-68(55)85-70(57)45-60(61)79-58-44-59-63(46-62(58)81(51-23-15-13-16-24-51)64-39-49(77(7,8)9)40-65(83)71(64)79)82(52-25-17-14-18-26-52)66-41-50(78(10,11)12)42-67-72(66)80(59)74-73(56-28-20-22-30-69(56)86-74)84(67)54-37-33-48(34-38-54)76(4,5)6/h13-46H,1-12H3. The Balaban J connectivity index is 1.05. The second-order valence-electron chi connectivity index (χ2n) is 28.6. The van der Waals surface area contributed by atoms with Crippen LogP contribution in [0.15, 0.2) is 206 Å². The van der Waals surface area contributed by atoms with Crippen LogP contribution in [-0.4, -0.2) is 13.4 Å². The predicted molar refractivity (Wildman–Crippen MR) is 378 cm³/mol. The number of thiophene rings is 2. The van der Waals surface area contributed by atoms with Crippen LogP contribution in [0.5, 0.6) is 0 Å². The van der Waals surface area contributed by atoms with Crippen molar-refractivity contribution in [1.82, 2.24) is 0 Å². The normalized spacial score (nSPS) is 14.4. The Morgan fingerprint density at radius 1 is 0.279 bits per heavy atom. The van der Waals surface area contributed by atoms with Gasteiger partial charge in [-0.15, -0.1) is 22.7 Å². The summed E-state index contributed by atoms with van der Waals surface area (Å²) in [5.41, 5.74) is 26.1. The monoisotopic (exact) mass is 1150 g/mol. The molecule has 4 nitrogen and oxygen atoms in total. The number of rotatable bonds is 4. The minimum Gasteiger partial charge on any atom is -0.311 e. The maximum atomic E-state index is 2.70. The number of anilines is 12. The van der Waals surface area contributed by atoms with Gasteiger partial charge in [0, 0.05) is 97.6 Å². The lowest BCUT2D eigenvalue weighted by molar-refractivity contribution is 0.590. The minimum absolute atomic E-state index is 0.00666. The molecular weight excluding hydrogens is 1080 g/mol. The Bertz CT molecular complexity index is 4760. The molecule has 0 unspecified atom stereocenters. The first-order valence-corrected chi connectivity index (χ1v) is 32.4. The van der Waals surface area contributed by atoms with Gasteiger partial charge in [-0.05, 0) is 174 Å². The second kappa shape index (κ2) is 18.6. The van der Waals surface area contributed by atoms with E-state index in [1.165, 1.54) is 141 Å². The third-order valence-electron chi connectivity index (χ3n) is 19.0. The molecule has 0 spiro atoms. The molecule has 4 aliphatic heterocycles. The van der Waals surface area contributed by atoms with Gasteiger partial charge in [0.05, 0.1) is 5.69 Å². The van der Waals surface area contributed by atoms with Crippen molar-refractivity contribution in [1.29, 1.82) is 0 Å². The molecule has 4 aliphatic rings. The van der Waals surface area contributed by atoms with Crippen LogP contribution in [0.25, 0.3) is 30.3 Å². The Labute approximate surface area is 516 Å². The average molecular weight is 1150 g/mol. The molecule has 0 atom stereocenters. The first kappa shape index (κ1) is 53.2. The van der Waals surface area contributed by atoms with Crippen LogP contribution in [0.1, 0.15) is 105 Å². The molecule has 0 saturated carbocycles. The van der Waals surface area contributed by atoms with Crippen molar-refractivity contribution in [2.75, 3.05) is 19.6 Å². The van der Waals surface area contributed by atoms with Crippen LogP contribution >= 0.6 is 22.7 Å². The molecule has 0 saturated heterocycles. The molecule has 2 aromatic heterocycles. The summed E-state index contributed by atoms with van der Waals surface area (Å²) in [5.74, 6) is 0. The highest BCUT2D eigenvalue weighted by molar-refractivity contribution is 7.34. The van der Waals surface area contributed by atoms with Crippen molar-refractivity contribution < 1.29 is 0 Å². The fourth-order valence-corrected chi connectivity index (χ4v) is 16.9. The highest BCUT2D eigenvalue weighted by Gasteiger charge is 2.50. The molecule has 0 amide bonds. The number of para-hydroxylation sites is 2. The Morgan fingerprint density at radius 2 is 0.663 bits per heavy atom. The summed E-state index contributed by atoms with van der Waals surface area (Å²) in [7, 11) is 0. The van der Waals surface area contributed by atoms with E-state index in [2.05, 4.69) is 309 Å². The van der Waals surface area contributed by atoms with Crippen molar-refractivity contribution in [3.05, 3.63) is 229 Å². The van der Waals surface area contributed by atoms with Crippen molar-refractivity contribution >= 4 is 167 Å². The quantitative estimate of drug-likeness (QED) is 0.163. The Hall–Kier alpha value is -8.29. The van der Waals surface area contributed by atoms with E-state index in [0.717, 1.165) is 11.4 Å². The van der Waals surface area contributed by atoms with Gasteiger partial charge >= 0.3 is 0 Å². The van der Waals surface area contributed by atoms with E-state index in [0.29, 0.717) is 0 Å². The van der Waals surface area contributed by atoms with Gasteiger partial charge in [-0.1, -0.05) is 186 Å². The van der Waals surface area contributed by atoms with Crippen molar-refractivity contribution in [3.63, 3.8) is 0 Å². The summed E-state index contributed by atoms with van der Waals surface area (Å²) in [4.78, 5) is 10.5. The summed E-state index contributed by atoms with van der Waals surface area (Å²) in [6.07, 6.45) is 0. The molecule has 86 heavy (non-hydrogen) atoms. The van der Waals surface area contributed by atoms with Gasteiger partial charge in [0.25, 0.3) is 13.4 Å². The minimum atomic E-state index is -0.170. The highest BCUT2D eigenvalue weighted by atomic mass is 32.1. The van der Waals surface area contributed by atoms with Crippen molar-refractivity contribution in [3.8, 4) is 0 Å². The first-order chi connectivity index (χ1) is 41.2. The molecule has 0 fully saturated rings. The number of nitrogens with zero attached hydrogens (tertiary/aromatic N) is 4. The topological polar surface area (TPSA) is 13.0 Å². The van der Waals surface area contributed by atoms with Gasteiger partial charge in [0.1, 0.15) is 0 Å². The lowest BCUT2D eigenvalue weighted by atomic mass is 9.31. The average Bonchev–Trinajstić information content (AvgIpc) is 1.00. The summed E-state index contributed by atoms with van der Waals surface area (Å²) in [5, 5.41) is 3.90. The molecular formula is C78H70B2N4S2. The largest absolute Gasteiger partial charge is 0.311 e. The van der Waals surface area contributed by atoms with Crippen LogP contribution in [0.2, 0.25) is 0 Å². The van der Waals surface area contributed by atoms with Gasteiger partial charge in [-0.3, -0.25) is 0 Å². The maximum Gasteiger partial charge on any atom is 0.264 e. The van der Waals surface area contributed by atoms with E-state index < -0.39 is 0 Å². The number of benzene rings is 10. The smallest absolute Gasteiger partial charge is 0.264 e. The van der Waals surface area contributed by atoms with E-state index in [-0.39, 0.29) is 35.1 Å². The summed E-state index contributed by atoms with van der Waals surface area (Å²) in [6, 6.07) is 80.2. The molecule has 10 aromatic carbocycles. The van der Waals surface area contributed by atoms with Crippen LogP contribution in [0.3, 0.4) is 0 Å². The lowest BCUT2D eigenvalue weighted by Crippen LogP contribution is -2.65. The van der Waals surface area contributed by atoms with Crippen LogP contribution in [0.4, 0.5) is 68.2 Å². The van der Waals surface area contributed by atoms with E-state index in [1.54, 1.807) is 0 Å². The predicted octanol–water partition coefficient (Wildman–Crippen LogP) is 18.6. The third kappa shape index (κ3) is 8.01. The fourth-order valence-electron chi connectivity index (χ4n) is 14.5. The van der Waals surface area contributed by atoms with Crippen LogP contribution in [-0.2, 0) is 21.7 Å². The van der Waals surface area contributed by atoms with Gasteiger partial charge in [0.15, 0.2) is 0 Å².